The van der Waals surface area contributed by atoms with Gasteiger partial charge < -0.3 is 19.3 Å². The maximum absolute atomic E-state index is 12.4. The summed E-state index contributed by atoms with van der Waals surface area (Å²) in [6, 6.07) is 19.9. The second-order valence-electron chi connectivity index (χ2n) is 6.58. The van der Waals surface area contributed by atoms with Crippen LogP contribution in [0.15, 0.2) is 77.9 Å². The summed E-state index contributed by atoms with van der Waals surface area (Å²) in [4.78, 5) is 24.5. The highest BCUT2D eigenvalue weighted by molar-refractivity contribution is 5.92. The Labute approximate surface area is 185 Å². The number of methoxy groups -OCH3 is 2. The molecular weight excluding hydrogens is 412 g/mol. The highest BCUT2D eigenvalue weighted by Crippen LogP contribution is 2.28. The molecule has 1 amide bonds. The van der Waals surface area contributed by atoms with Crippen LogP contribution in [0.3, 0.4) is 0 Å². The number of hydrazone groups is 1. The Balaban J connectivity index is 1.65. The molecule has 0 saturated heterocycles. The molecule has 32 heavy (non-hydrogen) atoms. The molecule has 8 nitrogen and oxygen atoms in total. The molecule has 0 aliphatic rings. The summed E-state index contributed by atoms with van der Waals surface area (Å²) in [6.45, 7) is 0. The molecule has 1 unspecified atom stereocenters. The first-order valence-electron chi connectivity index (χ1n) is 9.62. The van der Waals surface area contributed by atoms with E-state index in [0.717, 1.165) is 0 Å². The van der Waals surface area contributed by atoms with Crippen molar-refractivity contribution in [1.82, 2.24) is 5.43 Å². The summed E-state index contributed by atoms with van der Waals surface area (Å²) < 4.78 is 15.9. The van der Waals surface area contributed by atoms with Crippen molar-refractivity contribution in [2.45, 2.75) is 6.10 Å². The predicted molar refractivity (Wildman–Crippen MR) is 118 cm³/mol. The number of esters is 1. The van der Waals surface area contributed by atoms with E-state index < -0.39 is 18.0 Å². The van der Waals surface area contributed by atoms with Gasteiger partial charge in [-0.1, -0.05) is 36.4 Å². The van der Waals surface area contributed by atoms with E-state index in [0.29, 0.717) is 28.2 Å². The summed E-state index contributed by atoms with van der Waals surface area (Å²) in [7, 11) is 2.95. The number of carbonyl (C=O) groups is 2. The largest absolute Gasteiger partial charge is 0.497 e. The second kappa shape index (κ2) is 10.7. The van der Waals surface area contributed by atoms with Crippen molar-refractivity contribution in [1.29, 1.82) is 0 Å². The quantitative estimate of drug-likeness (QED) is 0.244. The normalized spacial score (nSPS) is 11.6. The minimum absolute atomic E-state index is 0.223. The highest BCUT2D eigenvalue weighted by Gasteiger charge is 2.16. The number of hydrogen-bond donors (Lipinski definition) is 2. The number of ether oxygens (including phenoxy) is 3. The maximum Gasteiger partial charge on any atom is 0.343 e. The summed E-state index contributed by atoms with van der Waals surface area (Å²) in [5.74, 6) is -0.159. The number of nitrogens with one attached hydrogen (secondary N) is 1. The van der Waals surface area contributed by atoms with E-state index in [4.69, 9.17) is 14.2 Å². The molecule has 0 aromatic heterocycles. The first-order valence-corrected chi connectivity index (χ1v) is 9.62. The van der Waals surface area contributed by atoms with Crippen LogP contribution in [0.25, 0.3) is 0 Å². The maximum atomic E-state index is 12.4. The third-order valence-corrected chi connectivity index (χ3v) is 4.45. The van der Waals surface area contributed by atoms with E-state index in [1.54, 1.807) is 72.8 Å². The fourth-order valence-corrected chi connectivity index (χ4v) is 2.78. The molecule has 0 spiro atoms. The molecule has 0 saturated carbocycles. The zero-order valence-corrected chi connectivity index (χ0v) is 17.5. The van der Waals surface area contributed by atoms with Crippen LogP contribution in [0.1, 0.15) is 27.6 Å². The Morgan fingerprint density at radius 3 is 2.44 bits per heavy atom. The van der Waals surface area contributed by atoms with Crippen molar-refractivity contribution in [3.63, 3.8) is 0 Å². The van der Waals surface area contributed by atoms with Crippen LogP contribution < -0.4 is 19.6 Å². The minimum Gasteiger partial charge on any atom is -0.497 e. The van der Waals surface area contributed by atoms with Gasteiger partial charge in [0.1, 0.15) is 5.75 Å². The number of amides is 1. The van der Waals surface area contributed by atoms with Crippen LogP contribution in [-0.4, -0.2) is 37.4 Å². The Morgan fingerprint density at radius 1 is 0.938 bits per heavy atom. The number of rotatable bonds is 8. The van der Waals surface area contributed by atoms with E-state index >= 15 is 0 Å². The first-order chi connectivity index (χ1) is 15.5. The molecule has 2 N–H and O–H groups in total. The molecule has 0 heterocycles. The van der Waals surface area contributed by atoms with Gasteiger partial charge in [0, 0.05) is 0 Å². The minimum atomic E-state index is -1.33. The number of aliphatic hydroxyl groups excluding tert-OH is 1. The summed E-state index contributed by atoms with van der Waals surface area (Å²) >= 11 is 0. The van der Waals surface area contributed by atoms with Gasteiger partial charge in [0.2, 0.25) is 0 Å². The van der Waals surface area contributed by atoms with Crippen molar-refractivity contribution in [2.75, 3.05) is 14.2 Å². The van der Waals surface area contributed by atoms with Crippen LogP contribution >= 0.6 is 0 Å². The molecule has 0 bridgehead atoms. The SMILES string of the molecule is COc1cccc(C(=O)Oc2ccc(C=NNC(=O)C(O)c3ccccc3)cc2OC)c1. The average molecular weight is 434 g/mol. The fourth-order valence-electron chi connectivity index (χ4n) is 2.78. The fraction of sp³-hybridized carbons (Fsp3) is 0.125. The topological polar surface area (TPSA) is 106 Å². The van der Waals surface area contributed by atoms with Gasteiger partial charge in [-0.25, -0.2) is 10.2 Å². The molecule has 8 heteroatoms. The molecule has 0 aliphatic heterocycles. The molecule has 3 rings (SSSR count). The van der Waals surface area contributed by atoms with Crippen LogP contribution in [0.5, 0.6) is 17.2 Å². The molecule has 1 atom stereocenters. The van der Waals surface area contributed by atoms with Crippen molar-refractivity contribution in [3.8, 4) is 17.2 Å². The van der Waals surface area contributed by atoms with Gasteiger partial charge in [-0.15, -0.1) is 0 Å². The van der Waals surface area contributed by atoms with Gasteiger partial charge in [0.25, 0.3) is 5.91 Å². The summed E-state index contributed by atoms with van der Waals surface area (Å²) in [5.41, 5.74) is 3.66. The Hall–Kier alpha value is -4.17. The lowest BCUT2D eigenvalue weighted by Crippen LogP contribution is -2.25. The van der Waals surface area contributed by atoms with Crippen LogP contribution in [0.2, 0.25) is 0 Å². The van der Waals surface area contributed by atoms with Crippen molar-refractivity contribution in [2.24, 2.45) is 5.10 Å². The molecule has 0 aliphatic carbocycles. The monoisotopic (exact) mass is 434 g/mol. The van der Waals surface area contributed by atoms with Gasteiger partial charge >= 0.3 is 5.97 Å². The molecular formula is C24H22N2O6. The lowest BCUT2D eigenvalue weighted by Gasteiger charge is -2.11. The lowest BCUT2D eigenvalue weighted by atomic mass is 10.1. The zero-order valence-electron chi connectivity index (χ0n) is 17.5. The number of nitrogens with zero attached hydrogens (tertiary/aromatic N) is 1. The third kappa shape index (κ3) is 5.71. The van der Waals surface area contributed by atoms with E-state index in [1.807, 2.05) is 0 Å². The number of hydrogen-bond acceptors (Lipinski definition) is 7. The molecule has 3 aromatic rings. The van der Waals surface area contributed by atoms with Crippen LogP contribution in [0, 0.1) is 0 Å². The van der Waals surface area contributed by atoms with E-state index in [2.05, 4.69) is 10.5 Å². The molecule has 0 fully saturated rings. The van der Waals surface area contributed by atoms with Crippen LogP contribution in [0.4, 0.5) is 0 Å². The van der Waals surface area contributed by atoms with Crippen molar-refractivity contribution < 1.29 is 28.9 Å². The first kappa shape index (κ1) is 22.5. The zero-order chi connectivity index (χ0) is 22.9. The van der Waals surface area contributed by atoms with E-state index in [1.165, 1.54) is 20.4 Å². The smallest absolute Gasteiger partial charge is 0.343 e. The number of aliphatic hydroxyl groups is 1. The lowest BCUT2D eigenvalue weighted by molar-refractivity contribution is -0.129. The van der Waals surface area contributed by atoms with Crippen LogP contribution in [-0.2, 0) is 4.79 Å². The summed E-state index contributed by atoms with van der Waals surface area (Å²) in [6.07, 6.45) is 0.0486. The Morgan fingerprint density at radius 2 is 1.72 bits per heavy atom. The van der Waals surface area contributed by atoms with E-state index in [9.17, 15) is 14.7 Å². The molecule has 3 aromatic carbocycles. The van der Waals surface area contributed by atoms with Gasteiger partial charge in [-0.2, -0.15) is 5.10 Å². The average Bonchev–Trinajstić information content (AvgIpc) is 2.84. The van der Waals surface area contributed by atoms with Gasteiger partial charge in [-0.05, 0) is 47.5 Å². The number of benzene rings is 3. The second-order valence-corrected chi connectivity index (χ2v) is 6.58. The van der Waals surface area contributed by atoms with Crippen molar-refractivity contribution >= 4 is 18.1 Å². The van der Waals surface area contributed by atoms with E-state index in [-0.39, 0.29) is 5.75 Å². The highest BCUT2D eigenvalue weighted by atomic mass is 16.6. The standard InChI is InChI=1S/C24H22N2O6/c1-30-19-10-6-9-18(14-19)24(29)32-20-12-11-16(13-21(20)31-2)15-25-26-23(28)22(27)17-7-4-3-5-8-17/h3-15,22,27H,1-2H3,(H,26,28). The molecule has 164 valence electrons. The van der Waals surface area contributed by atoms with Gasteiger partial charge in [0.05, 0.1) is 26.0 Å². The third-order valence-electron chi connectivity index (χ3n) is 4.45. The van der Waals surface area contributed by atoms with Gasteiger partial charge in [0.15, 0.2) is 17.6 Å². The Bertz CT molecular complexity index is 1110. The van der Waals surface area contributed by atoms with Gasteiger partial charge in [-0.3, -0.25) is 4.79 Å². The summed E-state index contributed by atoms with van der Waals surface area (Å²) in [5, 5.41) is 13.9. The Kier molecular flexibility index (Phi) is 7.55. The number of carbonyl (C=O) groups excluding carboxylic acids is 2. The predicted octanol–water partition coefficient (Wildman–Crippen LogP) is 3.11. The molecule has 0 radical (unpaired) electrons. The van der Waals surface area contributed by atoms with Crippen molar-refractivity contribution in [3.05, 3.63) is 89.5 Å².